The van der Waals surface area contributed by atoms with Gasteiger partial charge in [-0.15, -0.1) is 0 Å². The summed E-state index contributed by atoms with van der Waals surface area (Å²) in [4.78, 5) is 15.5. The molecule has 0 saturated carbocycles. The van der Waals surface area contributed by atoms with E-state index in [1.54, 1.807) is 6.33 Å². The summed E-state index contributed by atoms with van der Waals surface area (Å²) in [5.41, 5.74) is 1.55. The lowest BCUT2D eigenvalue weighted by atomic mass is 10.0. The Labute approximate surface area is 98.8 Å². The summed E-state index contributed by atoms with van der Waals surface area (Å²) >= 11 is 0. The third-order valence-corrected chi connectivity index (χ3v) is 3.29. The number of aromatic amines is 1. The Kier molecular flexibility index (Phi) is 2.64. The molecule has 0 radical (unpaired) electrons. The molecule has 0 amide bonds. The van der Waals surface area contributed by atoms with Crippen molar-refractivity contribution in [1.82, 2.24) is 19.9 Å². The number of anilines is 1. The van der Waals surface area contributed by atoms with Crippen LogP contribution in [0.1, 0.15) is 13.3 Å². The van der Waals surface area contributed by atoms with Gasteiger partial charge in [0.1, 0.15) is 11.8 Å². The van der Waals surface area contributed by atoms with Gasteiger partial charge in [0, 0.05) is 19.1 Å². The Bertz CT molecular complexity index is 511. The van der Waals surface area contributed by atoms with E-state index in [0.29, 0.717) is 17.7 Å². The fourth-order valence-electron chi connectivity index (χ4n) is 2.17. The first kappa shape index (κ1) is 10.5. The monoisotopic (exact) mass is 233 g/mol. The number of imidazole rings is 1. The first-order valence-corrected chi connectivity index (χ1v) is 5.84. The summed E-state index contributed by atoms with van der Waals surface area (Å²) in [5, 5.41) is 3.34. The van der Waals surface area contributed by atoms with Crippen LogP contribution in [0.15, 0.2) is 12.7 Å². The van der Waals surface area contributed by atoms with E-state index in [0.717, 1.165) is 30.9 Å². The van der Waals surface area contributed by atoms with E-state index in [1.165, 1.54) is 6.33 Å². The summed E-state index contributed by atoms with van der Waals surface area (Å²) in [6.07, 6.45) is 4.58. The molecule has 2 atom stereocenters. The average molecular weight is 233 g/mol. The van der Waals surface area contributed by atoms with Crippen molar-refractivity contribution in [1.29, 1.82) is 0 Å². The van der Waals surface area contributed by atoms with Crippen LogP contribution in [0, 0.1) is 5.92 Å². The Balaban J connectivity index is 1.74. The van der Waals surface area contributed by atoms with Crippen molar-refractivity contribution >= 4 is 17.0 Å². The van der Waals surface area contributed by atoms with Crippen molar-refractivity contribution in [2.24, 2.45) is 5.92 Å². The van der Waals surface area contributed by atoms with Gasteiger partial charge in [-0.3, -0.25) is 0 Å². The van der Waals surface area contributed by atoms with Gasteiger partial charge in [0.05, 0.1) is 12.4 Å². The zero-order valence-corrected chi connectivity index (χ0v) is 9.68. The van der Waals surface area contributed by atoms with E-state index in [1.807, 2.05) is 0 Å². The molecule has 0 bridgehead atoms. The molecule has 0 aliphatic carbocycles. The van der Waals surface area contributed by atoms with Crippen LogP contribution in [0.25, 0.3) is 11.2 Å². The van der Waals surface area contributed by atoms with Crippen LogP contribution >= 0.6 is 0 Å². The Morgan fingerprint density at radius 1 is 1.47 bits per heavy atom. The molecule has 90 valence electrons. The number of fused-ring (bicyclic) bond motifs is 1. The molecular formula is C11H15N5O. The van der Waals surface area contributed by atoms with Crippen molar-refractivity contribution in [3.63, 3.8) is 0 Å². The highest BCUT2D eigenvalue weighted by Gasteiger charge is 2.24. The van der Waals surface area contributed by atoms with Crippen LogP contribution in [0.5, 0.6) is 0 Å². The number of rotatable bonds is 3. The first-order chi connectivity index (χ1) is 8.34. The normalized spacial score (nSPS) is 24.3. The third-order valence-electron chi connectivity index (χ3n) is 3.29. The van der Waals surface area contributed by atoms with Crippen LogP contribution in [0.4, 0.5) is 5.82 Å². The number of hydrogen-bond donors (Lipinski definition) is 2. The molecule has 2 aromatic heterocycles. The lowest BCUT2D eigenvalue weighted by molar-refractivity contribution is 0.108. The Hall–Kier alpha value is -1.69. The van der Waals surface area contributed by atoms with Crippen LogP contribution in [0.2, 0.25) is 0 Å². The summed E-state index contributed by atoms with van der Waals surface area (Å²) in [6, 6.07) is 0. The number of ether oxygens (including phenoxy) is 1. The van der Waals surface area contributed by atoms with E-state index in [9.17, 15) is 0 Å². The molecule has 2 N–H and O–H groups in total. The Morgan fingerprint density at radius 3 is 3.24 bits per heavy atom. The van der Waals surface area contributed by atoms with Gasteiger partial charge in [0.15, 0.2) is 11.5 Å². The molecule has 0 spiro atoms. The topological polar surface area (TPSA) is 75.7 Å². The highest BCUT2D eigenvalue weighted by molar-refractivity contribution is 5.81. The van der Waals surface area contributed by atoms with Crippen LogP contribution in [-0.4, -0.2) is 39.2 Å². The summed E-state index contributed by atoms with van der Waals surface area (Å²) < 4.78 is 5.53. The van der Waals surface area contributed by atoms with Gasteiger partial charge in [0.2, 0.25) is 0 Å². The second-order valence-corrected chi connectivity index (χ2v) is 4.33. The van der Waals surface area contributed by atoms with Crippen molar-refractivity contribution in [2.75, 3.05) is 18.5 Å². The van der Waals surface area contributed by atoms with Crippen LogP contribution in [-0.2, 0) is 4.74 Å². The van der Waals surface area contributed by atoms with Gasteiger partial charge >= 0.3 is 0 Å². The summed E-state index contributed by atoms with van der Waals surface area (Å²) in [7, 11) is 0. The molecule has 2 aromatic rings. The predicted octanol–water partition coefficient (Wildman–Crippen LogP) is 1.19. The second kappa shape index (κ2) is 4.29. The molecule has 1 aliphatic heterocycles. The van der Waals surface area contributed by atoms with E-state index >= 15 is 0 Å². The standard InChI is InChI=1S/C11H15N5O/c1-7-8(2-3-17-7)4-12-10-9-11(14-5-13-9)16-6-15-10/h5-8H,2-4H2,1H3,(H2,12,13,14,15,16). The average Bonchev–Trinajstić information content (AvgIpc) is 2.95. The van der Waals surface area contributed by atoms with Gasteiger partial charge < -0.3 is 15.0 Å². The molecule has 1 fully saturated rings. The smallest absolute Gasteiger partial charge is 0.182 e. The number of hydrogen-bond acceptors (Lipinski definition) is 5. The minimum atomic E-state index is 0.321. The fraction of sp³-hybridized carbons (Fsp3) is 0.545. The van der Waals surface area contributed by atoms with Gasteiger partial charge in [0.25, 0.3) is 0 Å². The number of aromatic nitrogens is 4. The van der Waals surface area contributed by atoms with Gasteiger partial charge in [-0.25, -0.2) is 15.0 Å². The third kappa shape index (κ3) is 1.95. The largest absolute Gasteiger partial charge is 0.378 e. The van der Waals surface area contributed by atoms with E-state index in [2.05, 4.69) is 32.2 Å². The molecule has 0 aromatic carbocycles. The van der Waals surface area contributed by atoms with Crippen LogP contribution in [0.3, 0.4) is 0 Å². The molecule has 2 unspecified atom stereocenters. The molecule has 1 aliphatic rings. The fourth-order valence-corrected chi connectivity index (χ4v) is 2.17. The maximum atomic E-state index is 5.53. The highest BCUT2D eigenvalue weighted by atomic mass is 16.5. The highest BCUT2D eigenvalue weighted by Crippen LogP contribution is 2.22. The van der Waals surface area contributed by atoms with Gasteiger partial charge in [-0.05, 0) is 13.3 Å². The van der Waals surface area contributed by atoms with E-state index < -0.39 is 0 Å². The van der Waals surface area contributed by atoms with Crippen molar-refractivity contribution in [3.05, 3.63) is 12.7 Å². The zero-order valence-electron chi connectivity index (χ0n) is 9.68. The lowest BCUT2D eigenvalue weighted by Crippen LogP contribution is -2.21. The first-order valence-electron chi connectivity index (χ1n) is 5.84. The van der Waals surface area contributed by atoms with Crippen molar-refractivity contribution in [3.8, 4) is 0 Å². The van der Waals surface area contributed by atoms with E-state index in [4.69, 9.17) is 4.74 Å². The minimum absolute atomic E-state index is 0.321. The summed E-state index contributed by atoms with van der Waals surface area (Å²) in [6.45, 7) is 3.84. The molecule has 3 heterocycles. The van der Waals surface area contributed by atoms with Crippen molar-refractivity contribution < 1.29 is 4.74 Å². The zero-order chi connectivity index (χ0) is 11.7. The molecule has 1 saturated heterocycles. The van der Waals surface area contributed by atoms with E-state index in [-0.39, 0.29) is 0 Å². The molecule has 6 nitrogen and oxygen atoms in total. The van der Waals surface area contributed by atoms with Gasteiger partial charge in [-0.1, -0.05) is 0 Å². The predicted molar refractivity (Wildman–Crippen MR) is 63.7 cm³/mol. The minimum Gasteiger partial charge on any atom is -0.378 e. The second-order valence-electron chi connectivity index (χ2n) is 4.33. The van der Waals surface area contributed by atoms with Crippen LogP contribution < -0.4 is 5.32 Å². The molecule has 3 rings (SSSR count). The SMILES string of the molecule is CC1OCCC1CNc1ncnc2nc[nH]c12. The number of nitrogens with one attached hydrogen (secondary N) is 2. The Morgan fingerprint density at radius 2 is 2.41 bits per heavy atom. The maximum Gasteiger partial charge on any atom is 0.182 e. The van der Waals surface area contributed by atoms with Gasteiger partial charge in [-0.2, -0.15) is 0 Å². The molecular weight excluding hydrogens is 218 g/mol. The molecule has 17 heavy (non-hydrogen) atoms. The molecule has 6 heteroatoms. The lowest BCUT2D eigenvalue weighted by Gasteiger charge is -2.15. The summed E-state index contributed by atoms with van der Waals surface area (Å²) in [5.74, 6) is 1.36. The maximum absolute atomic E-state index is 5.53. The quantitative estimate of drug-likeness (QED) is 0.832. The number of H-pyrrole nitrogens is 1. The number of nitrogens with zero attached hydrogens (tertiary/aromatic N) is 3. The van der Waals surface area contributed by atoms with Crippen molar-refractivity contribution in [2.45, 2.75) is 19.4 Å².